The van der Waals surface area contributed by atoms with Crippen molar-refractivity contribution in [1.82, 2.24) is 0 Å². The number of nitrogens with zero attached hydrogens (tertiary/aromatic N) is 1. The highest BCUT2D eigenvalue weighted by Crippen LogP contribution is 2.63. The van der Waals surface area contributed by atoms with Gasteiger partial charge in [-0.3, -0.25) is 4.79 Å². The van der Waals surface area contributed by atoms with Gasteiger partial charge in [0.2, 0.25) is 0 Å². The first-order chi connectivity index (χ1) is 11.2. The Kier molecular flexibility index (Phi) is 4.09. The maximum absolute atomic E-state index is 12.0. The van der Waals surface area contributed by atoms with E-state index in [2.05, 4.69) is 6.07 Å². The van der Waals surface area contributed by atoms with Gasteiger partial charge in [0.1, 0.15) is 17.6 Å². The monoisotopic (exact) mass is 337 g/mol. The van der Waals surface area contributed by atoms with E-state index in [0.717, 1.165) is 0 Å². The van der Waals surface area contributed by atoms with E-state index < -0.39 is 47.9 Å². The number of ether oxygens (including phenoxy) is 3. The molecule has 2 saturated carbocycles. The van der Waals surface area contributed by atoms with Gasteiger partial charge in [-0.15, -0.1) is 0 Å². The molecule has 132 valence electrons. The fraction of sp³-hybridized carbons (Fsp3) is 0.824. The maximum atomic E-state index is 12.0. The molecular weight excluding hydrogens is 314 g/mol. The van der Waals surface area contributed by atoms with Crippen LogP contribution in [0.3, 0.4) is 0 Å². The van der Waals surface area contributed by atoms with Gasteiger partial charge in [0.25, 0.3) is 0 Å². The highest BCUT2D eigenvalue weighted by molar-refractivity contribution is 5.79. The zero-order valence-corrected chi connectivity index (χ0v) is 14.2. The lowest BCUT2D eigenvalue weighted by Crippen LogP contribution is -2.41. The third kappa shape index (κ3) is 2.40. The largest absolute Gasteiger partial charge is 0.457 e. The molecule has 0 spiro atoms. The minimum atomic E-state index is -1.13. The summed E-state index contributed by atoms with van der Waals surface area (Å²) in [5.41, 5.74) is -1.51. The normalized spacial score (nSPS) is 39.5. The fourth-order valence-corrected chi connectivity index (χ4v) is 4.10. The van der Waals surface area contributed by atoms with Crippen LogP contribution in [0.15, 0.2) is 0 Å². The van der Waals surface area contributed by atoms with E-state index in [0.29, 0.717) is 19.3 Å². The average Bonchev–Trinajstić information content (AvgIpc) is 3.14. The Morgan fingerprint density at radius 1 is 1.46 bits per heavy atom. The van der Waals surface area contributed by atoms with Gasteiger partial charge in [0.05, 0.1) is 11.5 Å². The molecule has 3 rings (SSSR count). The van der Waals surface area contributed by atoms with E-state index in [1.54, 1.807) is 13.8 Å². The van der Waals surface area contributed by atoms with Gasteiger partial charge in [0.15, 0.2) is 12.9 Å². The Morgan fingerprint density at radius 3 is 2.79 bits per heavy atom. The summed E-state index contributed by atoms with van der Waals surface area (Å²) in [4.78, 5) is 23.9. The van der Waals surface area contributed by atoms with Gasteiger partial charge in [-0.1, -0.05) is 6.92 Å². The lowest BCUT2D eigenvalue weighted by molar-refractivity contribution is -0.176. The summed E-state index contributed by atoms with van der Waals surface area (Å²) in [5, 5.41) is 19.4. The summed E-state index contributed by atoms with van der Waals surface area (Å²) in [6, 6.07) is 2.20. The predicted octanol–water partition coefficient (Wildman–Crippen LogP) is 1.14. The van der Waals surface area contributed by atoms with E-state index in [1.807, 2.05) is 6.92 Å². The molecule has 1 heterocycles. The maximum Gasteiger partial charge on any atom is 0.344 e. The number of carbonyl (C=O) groups excluding carboxylic acids is 2. The van der Waals surface area contributed by atoms with Crippen molar-refractivity contribution in [1.29, 1.82) is 5.26 Å². The third-order valence-electron chi connectivity index (χ3n) is 5.96. The molecule has 3 aliphatic rings. The van der Waals surface area contributed by atoms with E-state index in [4.69, 9.17) is 14.2 Å². The van der Waals surface area contributed by atoms with Gasteiger partial charge < -0.3 is 19.3 Å². The summed E-state index contributed by atoms with van der Waals surface area (Å²) in [7, 11) is 0. The van der Waals surface area contributed by atoms with Crippen molar-refractivity contribution in [2.75, 3.05) is 6.61 Å². The first-order valence-corrected chi connectivity index (χ1v) is 8.36. The van der Waals surface area contributed by atoms with Crippen molar-refractivity contribution in [3.8, 4) is 6.07 Å². The topological polar surface area (TPSA) is 106 Å². The van der Waals surface area contributed by atoms with Crippen LogP contribution >= 0.6 is 0 Å². The Bertz CT molecular complexity index is 596. The summed E-state index contributed by atoms with van der Waals surface area (Å²) in [5.74, 6) is -1.17. The number of carbonyl (C=O) groups is 2. The molecular formula is C17H23NO6. The second-order valence-electron chi connectivity index (χ2n) is 7.68. The summed E-state index contributed by atoms with van der Waals surface area (Å²) >= 11 is 0. The van der Waals surface area contributed by atoms with Gasteiger partial charge in [-0.2, -0.15) is 5.26 Å². The van der Waals surface area contributed by atoms with Crippen molar-refractivity contribution in [2.45, 2.75) is 58.5 Å². The predicted molar refractivity (Wildman–Crippen MR) is 80.1 cm³/mol. The minimum absolute atomic E-state index is 0.00327. The van der Waals surface area contributed by atoms with E-state index >= 15 is 0 Å². The first-order valence-electron chi connectivity index (χ1n) is 8.36. The molecule has 1 N–H and O–H groups in total. The van der Waals surface area contributed by atoms with Crippen LogP contribution in [0.1, 0.15) is 40.0 Å². The Hall–Kier alpha value is -1.65. The van der Waals surface area contributed by atoms with Crippen LogP contribution in [0.2, 0.25) is 0 Å². The molecule has 2 bridgehead atoms. The highest BCUT2D eigenvalue weighted by Gasteiger charge is 2.70. The molecule has 0 radical (unpaired) electrons. The van der Waals surface area contributed by atoms with E-state index in [9.17, 15) is 20.0 Å². The molecule has 24 heavy (non-hydrogen) atoms. The first kappa shape index (κ1) is 17.2. The average molecular weight is 337 g/mol. The SMILES string of the molecule is CCC(C)(C)C(=O)OCC(=O)OC1C2CC3C1OC(O)C3(C#N)C2. The molecule has 1 aliphatic heterocycles. The Morgan fingerprint density at radius 2 is 2.17 bits per heavy atom. The van der Waals surface area contributed by atoms with E-state index in [1.165, 1.54) is 0 Å². The summed E-state index contributed by atoms with van der Waals surface area (Å²) in [6.45, 7) is 4.95. The molecule has 7 heteroatoms. The van der Waals surface area contributed by atoms with Crippen LogP contribution in [-0.2, 0) is 23.8 Å². The molecule has 2 aliphatic carbocycles. The highest BCUT2D eigenvalue weighted by atomic mass is 16.6. The molecule has 0 aromatic rings. The fourth-order valence-electron chi connectivity index (χ4n) is 4.10. The summed E-state index contributed by atoms with van der Waals surface area (Å²) < 4.78 is 16.0. The number of esters is 2. The number of hydrogen-bond donors (Lipinski definition) is 1. The quantitative estimate of drug-likeness (QED) is 0.750. The Balaban J connectivity index is 1.56. The molecule has 7 nitrogen and oxygen atoms in total. The lowest BCUT2D eigenvalue weighted by Gasteiger charge is -2.30. The zero-order chi connectivity index (χ0) is 17.7. The molecule has 6 atom stereocenters. The van der Waals surface area contributed by atoms with Gasteiger partial charge >= 0.3 is 11.9 Å². The van der Waals surface area contributed by atoms with Crippen LogP contribution < -0.4 is 0 Å². The lowest BCUT2D eigenvalue weighted by atomic mass is 9.74. The number of hydrogen-bond acceptors (Lipinski definition) is 7. The molecule has 0 amide bonds. The number of aliphatic hydroxyl groups is 1. The second-order valence-corrected chi connectivity index (χ2v) is 7.68. The van der Waals surface area contributed by atoms with Crippen LogP contribution in [0.25, 0.3) is 0 Å². The summed E-state index contributed by atoms with van der Waals surface area (Å²) in [6.07, 6.45) is -0.293. The van der Waals surface area contributed by atoms with Crippen molar-refractivity contribution in [3.63, 3.8) is 0 Å². The third-order valence-corrected chi connectivity index (χ3v) is 5.96. The molecule has 3 fully saturated rings. The van der Waals surface area contributed by atoms with Crippen molar-refractivity contribution < 1.29 is 28.9 Å². The van der Waals surface area contributed by atoms with E-state index in [-0.39, 0.29) is 11.8 Å². The second kappa shape index (κ2) is 5.71. The number of fused-ring (bicyclic) bond motifs is 1. The van der Waals surface area contributed by atoms with Gasteiger partial charge in [-0.25, -0.2) is 4.79 Å². The molecule has 0 aromatic heterocycles. The van der Waals surface area contributed by atoms with Crippen LogP contribution in [0.4, 0.5) is 0 Å². The van der Waals surface area contributed by atoms with Crippen molar-refractivity contribution in [3.05, 3.63) is 0 Å². The van der Waals surface area contributed by atoms with Crippen LogP contribution in [0.5, 0.6) is 0 Å². The smallest absolute Gasteiger partial charge is 0.344 e. The zero-order valence-electron chi connectivity index (χ0n) is 14.2. The van der Waals surface area contributed by atoms with Gasteiger partial charge in [-0.05, 0) is 33.1 Å². The van der Waals surface area contributed by atoms with Crippen LogP contribution in [0, 0.1) is 34.0 Å². The number of rotatable bonds is 5. The minimum Gasteiger partial charge on any atom is -0.457 e. The standard InChI is InChI=1S/C17H23NO6/c1-4-16(2,3)14(20)22-7-11(19)23-12-9-5-10-13(12)24-15(21)17(10,6-9)8-18/h9-10,12-13,15,21H,4-7H2,1-3H3. The van der Waals surface area contributed by atoms with Crippen LogP contribution in [-0.4, -0.2) is 42.1 Å². The van der Waals surface area contributed by atoms with Crippen molar-refractivity contribution in [2.24, 2.45) is 22.7 Å². The molecule has 1 saturated heterocycles. The molecule has 6 unspecified atom stereocenters. The molecule has 0 aromatic carbocycles. The Labute approximate surface area is 140 Å². The van der Waals surface area contributed by atoms with Crippen molar-refractivity contribution >= 4 is 11.9 Å². The number of nitriles is 1. The van der Waals surface area contributed by atoms with Gasteiger partial charge in [0, 0.05) is 11.8 Å². The number of aliphatic hydroxyl groups excluding tert-OH is 1.